The molecule has 2 atom stereocenters. The van der Waals surface area contributed by atoms with Crippen LogP contribution in [0.4, 0.5) is 0 Å². The third-order valence-corrected chi connectivity index (χ3v) is 6.30. The molecule has 1 fully saturated rings. The van der Waals surface area contributed by atoms with E-state index in [4.69, 9.17) is 0 Å². The summed E-state index contributed by atoms with van der Waals surface area (Å²) in [6, 6.07) is 8.54. The number of carbonyl (C=O) groups excluding carboxylic acids is 1. The number of fused-ring (bicyclic) bond motifs is 2. The zero-order valence-corrected chi connectivity index (χ0v) is 13.7. The minimum absolute atomic E-state index is 0.0922. The highest BCUT2D eigenvalue weighted by Gasteiger charge is 2.38. The normalized spacial score (nSPS) is 28.5. The number of hydrogen-bond acceptors (Lipinski definition) is 3. The van der Waals surface area contributed by atoms with Gasteiger partial charge < -0.3 is 4.90 Å². The topological polar surface area (TPSA) is 20.3 Å². The number of rotatable bonds is 0. The summed E-state index contributed by atoms with van der Waals surface area (Å²) in [4.78, 5) is 15.0. The first-order valence-corrected chi connectivity index (χ1v) is 9.02. The number of carbonyl (C=O) groups is 1. The van der Waals surface area contributed by atoms with E-state index in [0.29, 0.717) is 12.2 Å². The maximum Gasteiger partial charge on any atom is 0.151 e. The number of ketones is 1. The highest BCUT2D eigenvalue weighted by Crippen LogP contribution is 2.46. The summed E-state index contributed by atoms with van der Waals surface area (Å²) in [5.41, 5.74) is 5.58. The van der Waals surface area contributed by atoms with Crippen LogP contribution in [0.1, 0.15) is 24.0 Å². The van der Waals surface area contributed by atoms with E-state index in [-0.39, 0.29) is 11.2 Å². The van der Waals surface area contributed by atoms with Crippen molar-refractivity contribution in [1.29, 1.82) is 0 Å². The van der Waals surface area contributed by atoms with Gasteiger partial charge in [-0.2, -0.15) is 0 Å². The number of thioether (sulfide) groups is 1. The molecule has 0 aromatic heterocycles. The summed E-state index contributed by atoms with van der Waals surface area (Å²) in [5, 5.41) is 2.23. The first-order valence-electron chi connectivity index (χ1n) is 8.07. The fourth-order valence-corrected chi connectivity index (χ4v) is 4.97. The Labute approximate surface area is 136 Å². The lowest BCUT2D eigenvalue weighted by Gasteiger charge is -2.29. The minimum atomic E-state index is 0.0922. The van der Waals surface area contributed by atoms with Gasteiger partial charge in [0.25, 0.3) is 0 Å². The van der Waals surface area contributed by atoms with Crippen LogP contribution < -0.4 is 0 Å². The van der Waals surface area contributed by atoms with Gasteiger partial charge in [0, 0.05) is 25.4 Å². The highest BCUT2D eigenvalue weighted by atomic mass is 32.2. The molecule has 3 aliphatic rings. The van der Waals surface area contributed by atoms with E-state index in [9.17, 15) is 4.79 Å². The molecule has 1 aromatic rings. The lowest BCUT2D eigenvalue weighted by atomic mass is 9.83. The Morgan fingerprint density at radius 1 is 1.18 bits per heavy atom. The molecule has 2 nitrogen and oxygen atoms in total. The molecule has 114 valence electrons. The summed E-state index contributed by atoms with van der Waals surface area (Å²) in [7, 11) is 2.19. The van der Waals surface area contributed by atoms with E-state index in [1.54, 1.807) is 17.3 Å². The van der Waals surface area contributed by atoms with Crippen LogP contribution in [0.5, 0.6) is 0 Å². The number of likely N-dealkylation sites (tertiary alicyclic amines) is 1. The molecule has 2 heterocycles. The molecule has 0 bridgehead atoms. The molecule has 2 unspecified atom stereocenters. The van der Waals surface area contributed by atoms with Crippen LogP contribution in [0.2, 0.25) is 0 Å². The van der Waals surface area contributed by atoms with E-state index in [2.05, 4.69) is 47.7 Å². The molecule has 1 aromatic carbocycles. The Kier molecular flexibility index (Phi) is 3.71. The number of piperidine rings is 1. The Hall–Kier alpha value is -1.32. The molecule has 0 N–H and O–H groups in total. The van der Waals surface area contributed by atoms with Crippen molar-refractivity contribution in [2.24, 2.45) is 5.92 Å². The van der Waals surface area contributed by atoms with Crippen molar-refractivity contribution in [3.63, 3.8) is 0 Å². The average Bonchev–Trinajstić information content (AvgIpc) is 2.96. The van der Waals surface area contributed by atoms with Gasteiger partial charge in [0.1, 0.15) is 0 Å². The Morgan fingerprint density at radius 3 is 2.77 bits per heavy atom. The molecule has 22 heavy (non-hydrogen) atoms. The molecule has 0 spiro atoms. The van der Waals surface area contributed by atoms with E-state index in [0.717, 1.165) is 25.9 Å². The molecule has 4 rings (SSSR count). The summed E-state index contributed by atoms with van der Waals surface area (Å²) >= 11 is 1.71. The van der Waals surface area contributed by atoms with Gasteiger partial charge in [-0.3, -0.25) is 4.79 Å². The third kappa shape index (κ3) is 2.37. The number of allylic oxidation sites excluding steroid dienone is 2. The monoisotopic (exact) mass is 311 g/mol. The molecular weight excluding hydrogens is 290 g/mol. The van der Waals surface area contributed by atoms with Gasteiger partial charge in [-0.15, -0.1) is 11.8 Å². The highest BCUT2D eigenvalue weighted by molar-refractivity contribution is 8.03. The molecular formula is C19H21NOS. The smallest absolute Gasteiger partial charge is 0.151 e. The Bertz CT molecular complexity index is 666. The van der Waals surface area contributed by atoms with Gasteiger partial charge in [-0.25, -0.2) is 0 Å². The van der Waals surface area contributed by atoms with Crippen LogP contribution in [-0.4, -0.2) is 36.1 Å². The van der Waals surface area contributed by atoms with Crippen molar-refractivity contribution < 1.29 is 4.79 Å². The van der Waals surface area contributed by atoms with Gasteiger partial charge in [-0.05, 0) is 42.0 Å². The van der Waals surface area contributed by atoms with E-state index in [1.165, 1.54) is 16.7 Å². The third-order valence-electron chi connectivity index (χ3n) is 5.13. The van der Waals surface area contributed by atoms with Crippen molar-refractivity contribution in [3.8, 4) is 0 Å². The first-order chi connectivity index (χ1) is 10.7. The standard InChI is InChI=1S/C19H21NOS/c1-20-9-6-13(7-10-20)18-15-5-3-2-4-14(15)12-17(21)19-16(18)8-11-22-19/h2-5,8,11,16,19H,6-7,9-10,12H2,1H3. The van der Waals surface area contributed by atoms with Crippen LogP contribution in [0.15, 0.2) is 41.3 Å². The van der Waals surface area contributed by atoms with Crippen molar-refractivity contribution >= 4 is 23.1 Å². The quantitative estimate of drug-likeness (QED) is 0.731. The van der Waals surface area contributed by atoms with Gasteiger partial charge in [0.05, 0.1) is 5.25 Å². The molecule has 0 amide bonds. The maximum atomic E-state index is 12.6. The van der Waals surface area contributed by atoms with Gasteiger partial charge in [-0.1, -0.05) is 35.9 Å². The molecule has 1 saturated heterocycles. The predicted octanol–water partition coefficient (Wildman–Crippen LogP) is 3.54. The van der Waals surface area contributed by atoms with Gasteiger partial charge in [0.15, 0.2) is 5.78 Å². The number of Topliss-reactive ketones (excluding diaryl/α,β-unsaturated/α-hetero) is 1. The number of nitrogens with zero attached hydrogens (tertiary/aromatic N) is 1. The first kappa shape index (κ1) is 14.3. The van der Waals surface area contributed by atoms with Crippen LogP contribution in [0.3, 0.4) is 0 Å². The number of hydrogen-bond donors (Lipinski definition) is 0. The second-order valence-electron chi connectivity index (χ2n) is 6.53. The maximum absolute atomic E-state index is 12.6. The van der Waals surface area contributed by atoms with Crippen LogP contribution in [0.25, 0.3) is 5.57 Å². The fourth-order valence-electron chi connectivity index (χ4n) is 3.91. The molecule has 3 heteroatoms. The predicted molar refractivity (Wildman–Crippen MR) is 92.8 cm³/mol. The number of benzene rings is 1. The molecule has 1 aliphatic carbocycles. The van der Waals surface area contributed by atoms with E-state index in [1.807, 2.05) is 0 Å². The van der Waals surface area contributed by atoms with Crippen LogP contribution in [0, 0.1) is 5.92 Å². The second kappa shape index (κ2) is 5.71. The van der Waals surface area contributed by atoms with E-state index < -0.39 is 0 Å². The molecule has 2 aliphatic heterocycles. The lowest BCUT2D eigenvalue weighted by molar-refractivity contribution is -0.118. The summed E-state index contributed by atoms with van der Waals surface area (Å²) < 4.78 is 0. The van der Waals surface area contributed by atoms with E-state index >= 15 is 0 Å². The zero-order chi connectivity index (χ0) is 15.1. The summed E-state index contributed by atoms with van der Waals surface area (Å²) in [6.07, 6.45) is 5.12. The van der Waals surface area contributed by atoms with Crippen LogP contribution >= 0.6 is 11.8 Å². The molecule has 0 saturated carbocycles. The Balaban J connectivity index is 1.87. The van der Waals surface area contributed by atoms with Crippen LogP contribution in [-0.2, 0) is 11.2 Å². The fraction of sp³-hybridized carbons (Fsp3) is 0.421. The van der Waals surface area contributed by atoms with Crippen molar-refractivity contribution in [2.45, 2.75) is 24.5 Å². The SMILES string of the molecule is CN1CCC(=C2c3ccccc3CC(=O)C3SC=CC23)CC1. The van der Waals surface area contributed by atoms with Gasteiger partial charge in [0.2, 0.25) is 0 Å². The largest absolute Gasteiger partial charge is 0.306 e. The van der Waals surface area contributed by atoms with Crippen molar-refractivity contribution in [3.05, 3.63) is 52.4 Å². The zero-order valence-electron chi connectivity index (χ0n) is 12.9. The Morgan fingerprint density at radius 2 is 1.95 bits per heavy atom. The summed E-state index contributed by atoms with van der Waals surface area (Å²) in [5.74, 6) is 0.663. The minimum Gasteiger partial charge on any atom is -0.306 e. The van der Waals surface area contributed by atoms with Crippen molar-refractivity contribution in [2.75, 3.05) is 20.1 Å². The molecule has 0 radical (unpaired) electrons. The summed E-state index contributed by atoms with van der Waals surface area (Å²) in [6.45, 7) is 2.26. The lowest BCUT2D eigenvalue weighted by Crippen LogP contribution is -2.28. The second-order valence-corrected chi connectivity index (χ2v) is 7.58. The van der Waals surface area contributed by atoms with Crippen molar-refractivity contribution in [1.82, 2.24) is 4.90 Å². The van der Waals surface area contributed by atoms with Gasteiger partial charge >= 0.3 is 0 Å². The average molecular weight is 311 g/mol.